The van der Waals surface area contributed by atoms with E-state index in [4.69, 9.17) is 10.5 Å². The lowest BCUT2D eigenvalue weighted by Crippen LogP contribution is -2.58. The lowest BCUT2D eigenvalue weighted by Gasteiger charge is -2.39. The van der Waals surface area contributed by atoms with Crippen LogP contribution in [0.2, 0.25) is 0 Å². The Morgan fingerprint density at radius 3 is 2.04 bits per heavy atom. The Morgan fingerprint density at radius 2 is 1.54 bits per heavy atom. The van der Waals surface area contributed by atoms with Gasteiger partial charge in [-0.15, -0.1) is 12.4 Å². The maximum Gasteiger partial charge on any atom is 0.282 e. The summed E-state index contributed by atoms with van der Waals surface area (Å²) in [5, 5.41) is 0. The highest BCUT2D eigenvalue weighted by atomic mass is 35.5. The molecule has 0 aromatic rings. The van der Waals surface area contributed by atoms with Crippen LogP contribution >= 0.6 is 12.4 Å². The van der Waals surface area contributed by atoms with Crippen molar-refractivity contribution >= 4 is 28.5 Å². The van der Waals surface area contributed by atoms with Crippen molar-refractivity contribution in [3.05, 3.63) is 0 Å². The second-order valence-corrected chi connectivity index (χ2v) is 8.92. The predicted molar refractivity (Wildman–Crippen MR) is 100 cm³/mol. The first kappa shape index (κ1) is 21.8. The van der Waals surface area contributed by atoms with Crippen LogP contribution in [0.4, 0.5) is 0 Å². The van der Waals surface area contributed by atoms with E-state index in [1.54, 1.807) is 9.21 Å². The Labute approximate surface area is 162 Å². The molecule has 3 heterocycles. The molecular weight excluding hydrogens is 382 g/mol. The summed E-state index contributed by atoms with van der Waals surface area (Å²) in [5.74, 6) is -0.0346. The van der Waals surface area contributed by atoms with Crippen molar-refractivity contribution in [3.8, 4) is 0 Å². The van der Waals surface area contributed by atoms with Gasteiger partial charge >= 0.3 is 0 Å². The van der Waals surface area contributed by atoms with Crippen LogP contribution in [-0.2, 0) is 19.7 Å². The van der Waals surface area contributed by atoms with Crippen LogP contribution in [0, 0.1) is 0 Å². The van der Waals surface area contributed by atoms with Gasteiger partial charge in [0.25, 0.3) is 16.1 Å². The molecule has 2 N–H and O–H groups in total. The van der Waals surface area contributed by atoms with E-state index in [0.717, 1.165) is 19.5 Å². The van der Waals surface area contributed by atoms with Crippen LogP contribution in [0.15, 0.2) is 0 Å². The number of likely N-dealkylation sites (N-methyl/N-ethyl adjacent to an activating group) is 1. The highest BCUT2D eigenvalue weighted by molar-refractivity contribution is 7.86. The van der Waals surface area contributed by atoms with Gasteiger partial charge in [0.15, 0.2) is 0 Å². The molecule has 26 heavy (non-hydrogen) atoms. The standard InChI is InChI=1S/C15H29N5O4S.ClH/c1-17-4-8-19(9-5-17)25(22,23)20-10-6-18(7-11-20)15(21)14-3-2-13(12-16)24-14;/h13-14H,2-12,16H2,1H3;1H/t13-,14+;/m1./s1. The molecule has 3 rings (SSSR count). The lowest BCUT2D eigenvalue weighted by molar-refractivity contribution is -0.144. The van der Waals surface area contributed by atoms with E-state index in [-0.39, 0.29) is 24.4 Å². The average molecular weight is 412 g/mol. The van der Waals surface area contributed by atoms with Crippen molar-refractivity contribution in [2.45, 2.75) is 25.0 Å². The third kappa shape index (κ3) is 4.67. The third-order valence-corrected chi connectivity index (χ3v) is 7.35. The molecule has 1 amide bonds. The lowest BCUT2D eigenvalue weighted by atomic mass is 10.1. The Balaban J connectivity index is 0.00000243. The Kier molecular flexibility index (Phi) is 7.66. The molecule has 3 aliphatic rings. The molecule has 0 bridgehead atoms. The van der Waals surface area contributed by atoms with Crippen molar-refractivity contribution in [2.75, 3.05) is 66.0 Å². The summed E-state index contributed by atoms with van der Waals surface area (Å²) < 4.78 is 34.2. The summed E-state index contributed by atoms with van der Waals surface area (Å²) in [7, 11) is -1.44. The van der Waals surface area contributed by atoms with Crippen molar-refractivity contribution in [1.29, 1.82) is 0 Å². The summed E-state index contributed by atoms with van der Waals surface area (Å²) in [6.45, 7) is 4.49. The zero-order chi connectivity index (χ0) is 18.0. The number of halogens is 1. The fraction of sp³-hybridized carbons (Fsp3) is 0.933. The van der Waals surface area contributed by atoms with Gasteiger partial charge in [-0.25, -0.2) is 0 Å². The van der Waals surface area contributed by atoms with Crippen molar-refractivity contribution in [2.24, 2.45) is 5.73 Å². The van der Waals surface area contributed by atoms with Gasteiger partial charge < -0.3 is 20.3 Å². The molecule has 0 aromatic heterocycles. The van der Waals surface area contributed by atoms with Gasteiger partial charge in [0, 0.05) is 58.9 Å². The molecule has 0 aliphatic carbocycles. The van der Waals surface area contributed by atoms with Crippen LogP contribution < -0.4 is 5.73 Å². The molecule has 11 heteroatoms. The van der Waals surface area contributed by atoms with Gasteiger partial charge in [-0.1, -0.05) is 0 Å². The maximum absolute atomic E-state index is 12.8. The van der Waals surface area contributed by atoms with E-state index < -0.39 is 16.3 Å². The Bertz CT molecular complexity index is 577. The van der Waals surface area contributed by atoms with E-state index in [1.807, 2.05) is 7.05 Å². The van der Waals surface area contributed by atoms with Gasteiger partial charge in [0.2, 0.25) is 0 Å². The number of piperazine rings is 2. The SMILES string of the molecule is CN1CCN(S(=O)(=O)N2CCN(C(=O)[C@@H]3CC[C@H](CN)O3)CC2)CC1.Cl. The summed E-state index contributed by atoms with van der Waals surface area (Å²) in [5.41, 5.74) is 5.59. The first-order chi connectivity index (χ1) is 11.9. The van der Waals surface area contributed by atoms with Gasteiger partial charge in [-0.2, -0.15) is 17.0 Å². The molecule has 0 aromatic carbocycles. The average Bonchev–Trinajstić information content (AvgIpc) is 3.11. The van der Waals surface area contributed by atoms with Crippen LogP contribution in [0.25, 0.3) is 0 Å². The second-order valence-electron chi connectivity index (χ2n) is 6.99. The van der Waals surface area contributed by atoms with Gasteiger partial charge in [0.05, 0.1) is 6.10 Å². The Morgan fingerprint density at radius 1 is 1.00 bits per heavy atom. The fourth-order valence-corrected chi connectivity index (χ4v) is 5.16. The topological polar surface area (TPSA) is 99.4 Å². The maximum atomic E-state index is 12.8. The molecule has 9 nitrogen and oxygen atoms in total. The first-order valence-electron chi connectivity index (χ1n) is 9.00. The number of nitrogens with zero attached hydrogens (tertiary/aromatic N) is 4. The Hall–Kier alpha value is -0.490. The fourth-order valence-electron chi connectivity index (χ4n) is 3.59. The van der Waals surface area contributed by atoms with Crippen LogP contribution in [0.3, 0.4) is 0 Å². The molecule has 0 spiro atoms. The molecule has 152 valence electrons. The van der Waals surface area contributed by atoms with Crippen molar-refractivity contribution in [1.82, 2.24) is 18.4 Å². The molecule has 0 radical (unpaired) electrons. The van der Waals surface area contributed by atoms with Crippen molar-refractivity contribution in [3.63, 3.8) is 0 Å². The number of carbonyl (C=O) groups is 1. The first-order valence-corrected chi connectivity index (χ1v) is 10.4. The summed E-state index contributed by atoms with van der Waals surface area (Å²) in [6.07, 6.45) is 1.05. The van der Waals surface area contributed by atoms with E-state index in [2.05, 4.69) is 4.90 Å². The van der Waals surface area contributed by atoms with Gasteiger partial charge in [-0.3, -0.25) is 4.79 Å². The highest BCUT2D eigenvalue weighted by Gasteiger charge is 2.37. The van der Waals surface area contributed by atoms with E-state index >= 15 is 0 Å². The smallest absolute Gasteiger partial charge is 0.282 e. The number of rotatable bonds is 4. The molecule has 0 unspecified atom stereocenters. The molecule has 3 fully saturated rings. The summed E-state index contributed by atoms with van der Waals surface area (Å²) in [6, 6.07) is 0. The van der Waals surface area contributed by atoms with Crippen LogP contribution in [-0.4, -0.2) is 111 Å². The number of hydrogen-bond donors (Lipinski definition) is 1. The number of hydrogen-bond acceptors (Lipinski definition) is 6. The normalized spacial score (nSPS) is 29.5. The van der Waals surface area contributed by atoms with Crippen LogP contribution in [0.5, 0.6) is 0 Å². The molecular formula is C15H30ClN5O4S. The quantitative estimate of drug-likeness (QED) is 0.607. The minimum absolute atomic E-state index is 0. The second kappa shape index (κ2) is 9.13. The number of nitrogens with two attached hydrogens (primary N) is 1. The summed E-state index contributed by atoms with van der Waals surface area (Å²) >= 11 is 0. The van der Waals surface area contributed by atoms with Crippen LogP contribution in [0.1, 0.15) is 12.8 Å². The van der Waals surface area contributed by atoms with Gasteiger partial charge in [-0.05, 0) is 19.9 Å². The largest absolute Gasteiger partial charge is 0.364 e. The monoisotopic (exact) mass is 411 g/mol. The number of amides is 1. The zero-order valence-electron chi connectivity index (χ0n) is 15.2. The zero-order valence-corrected chi connectivity index (χ0v) is 16.9. The number of carbonyl (C=O) groups excluding carboxylic acids is 1. The van der Waals surface area contributed by atoms with Gasteiger partial charge in [0.1, 0.15) is 6.10 Å². The number of ether oxygens (including phenoxy) is 1. The third-order valence-electron chi connectivity index (χ3n) is 5.31. The summed E-state index contributed by atoms with van der Waals surface area (Å²) in [4.78, 5) is 16.4. The van der Waals surface area contributed by atoms with Crippen molar-refractivity contribution < 1.29 is 17.9 Å². The molecule has 3 saturated heterocycles. The highest BCUT2D eigenvalue weighted by Crippen LogP contribution is 2.22. The minimum Gasteiger partial charge on any atom is -0.364 e. The minimum atomic E-state index is -3.44. The molecule has 2 atom stereocenters. The molecule has 0 saturated carbocycles. The van der Waals surface area contributed by atoms with E-state index in [9.17, 15) is 13.2 Å². The molecule has 3 aliphatic heterocycles. The predicted octanol–water partition coefficient (Wildman–Crippen LogP) is -1.45. The van der Waals surface area contributed by atoms with E-state index in [1.165, 1.54) is 4.31 Å². The van der Waals surface area contributed by atoms with E-state index in [0.29, 0.717) is 52.2 Å².